The van der Waals surface area contributed by atoms with Crippen molar-refractivity contribution in [3.05, 3.63) is 29.8 Å². The van der Waals surface area contributed by atoms with Crippen LogP contribution in [0.15, 0.2) is 24.3 Å². The maximum absolute atomic E-state index is 11.4. The number of nitrogens with one attached hydrogen (secondary N) is 1. The van der Waals surface area contributed by atoms with Gasteiger partial charge in [0.15, 0.2) is 0 Å². The van der Waals surface area contributed by atoms with Gasteiger partial charge in [-0.2, -0.15) is 0 Å². The first kappa shape index (κ1) is 12.7. The van der Waals surface area contributed by atoms with E-state index in [1.165, 1.54) is 5.56 Å². The minimum absolute atomic E-state index is 0.129. The highest BCUT2D eigenvalue weighted by molar-refractivity contribution is 5.94. The van der Waals surface area contributed by atoms with Crippen LogP contribution in [0, 0.1) is 0 Å². The first-order chi connectivity index (χ1) is 7.30. The van der Waals surface area contributed by atoms with Gasteiger partial charge in [0.25, 0.3) is 0 Å². The molecule has 0 aromatic heterocycles. The Kier molecular flexibility index (Phi) is 3.70. The summed E-state index contributed by atoms with van der Waals surface area (Å²) in [7, 11) is 0. The number of carbonyl (C=O) groups excluding carboxylic acids is 1. The lowest BCUT2D eigenvalue weighted by Crippen LogP contribution is -2.32. The molecule has 1 atom stereocenters. The molecule has 3 heteroatoms. The van der Waals surface area contributed by atoms with Gasteiger partial charge in [-0.25, -0.2) is 0 Å². The molecule has 0 radical (unpaired) electrons. The van der Waals surface area contributed by atoms with Crippen LogP contribution in [0.2, 0.25) is 0 Å². The van der Waals surface area contributed by atoms with Crippen molar-refractivity contribution in [2.24, 2.45) is 5.73 Å². The Morgan fingerprint density at radius 1 is 1.25 bits per heavy atom. The van der Waals surface area contributed by atoms with E-state index in [1.54, 1.807) is 6.92 Å². The molecule has 0 heterocycles. The summed E-state index contributed by atoms with van der Waals surface area (Å²) in [5, 5.41) is 2.76. The summed E-state index contributed by atoms with van der Waals surface area (Å²) >= 11 is 0. The number of nitrogens with two attached hydrogens (primary N) is 1. The number of rotatable bonds is 2. The van der Waals surface area contributed by atoms with Gasteiger partial charge in [0.1, 0.15) is 0 Å². The summed E-state index contributed by atoms with van der Waals surface area (Å²) in [5.74, 6) is -0.163. The van der Waals surface area contributed by atoms with Gasteiger partial charge in [0, 0.05) is 5.69 Å². The summed E-state index contributed by atoms with van der Waals surface area (Å²) in [4.78, 5) is 11.4. The molecule has 0 bridgehead atoms. The Balaban J connectivity index is 2.76. The lowest BCUT2D eigenvalue weighted by Gasteiger charge is -2.19. The minimum Gasteiger partial charge on any atom is -0.325 e. The standard InChI is InChI=1S/C13H20N2O/c1-9(14)12(16)15-11-7-5-10(6-8-11)13(2,3)4/h5-9H,14H2,1-4H3,(H,15,16)/t9-/m0/s1. The molecule has 0 fully saturated rings. The molecule has 1 rings (SSSR count). The molecular formula is C13H20N2O. The summed E-state index contributed by atoms with van der Waals surface area (Å²) in [5.41, 5.74) is 7.63. The molecule has 0 unspecified atom stereocenters. The van der Waals surface area contributed by atoms with Crippen molar-refractivity contribution >= 4 is 11.6 Å². The zero-order chi connectivity index (χ0) is 12.3. The zero-order valence-electron chi connectivity index (χ0n) is 10.4. The lowest BCUT2D eigenvalue weighted by molar-refractivity contribution is -0.117. The minimum atomic E-state index is -0.484. The fourth-order valence-corrected chi connectivity index (χ4v) is 1.31. The van der Waals surface area contributed by atoms with Crippen molar-refractivity contribution in [1.29, 1.82) is 0 Å². The van der Waals surface area contributed by atoms with Crippen LogP contribution in [0.25, 0.3) is 0 Å². The van der Waals surface area contributed by atoms with Crippen molar-refractivity contribution in [2.45, 2.75) is 39.2 Å². The number of hydrogen-bond acceptors (Lipinski definition) is 2. The van der Waals surface area contributed by atoms with Crippen molar-refractivity contribution in [2.75, 3.05) is 5.32 Å². The van der Waals surface area contributed by atoms with Crippen molar-refractivity contribution in [3.8, 4) is 0 Å². The molecule has 3 N–H and O–H groups in total. The normalized spacial score (nSPS) is 13.3. The lowest BCUT2D eigenvalue weighted by atomic mass is 9.87. The maximum atomic E-state index is 11.4. The SMILES string of the molecule is C[C@H](N)C(=O)Nc1ccc(C(C)(C)C)cc1. The van der Waals surface area contributed by atoms with Crippen LogP contribution < -0.4 is 11.1 Å². The van der Waals surface area contributed by atoms with Gasteiger partial charge in [0.2, 0.25) is 5.91 Å². The Labute approximate surface area is 97.0 Å². The number of anilines is 1. The molecule has 0 saturated heterocycles. The van der Waals surface area contributed by atoms with E-state index < -0.39 is 6.04 Å². The Morgan fingerprint density at radius 2 is 1.75 bits per heavy atom. The third kappa shape index (κ3) is 3.35. The van der Waals surface area contributed by atoms with Gasteiger partial charge in [0.05, 0.1) is 6.04 Å². The summed E-state index contributed by atoms with van der Waals surface area (Å²) in [6.45, 7) is 8.13. The van der Waals surface area contributed by atoms with E-state index >= 15 is 0 Å². The fourth-order valence-electron chi connectivity index (χ4n) is 1.31. The molecule has 88 valence electrons. The topological polar surface area (TPSA) is 55.1 Å². The largest absolute Gasteiger partial charge is 0.325 e. The van der Waals surface area contributed by atoms with Crippen LogP contribution in [-0.4, -0.2) is 11.9 Å². The Bertz CT molecular complexity index is 361. The van der Waals surface area contributed by atoms with Gasteiger partial charge in [-0.3, -0.25) is 4.79 Å². The monoisotopic (exact) mass is 220 g/mol. The smallest absolute Gasteiger partial charge is 0.240 e. The molecular weight excluding hydrogens is 200 g/mol. The van der Waals surface area contributed by atoms with Gasteiger partial charge < -0.3 is 11.1 Å². The van der Waals surface area contributed by atoms with Crippen molar-refractivity contribution < 1.29 is 4.79 Å². The molecule has 0 aliphatic rings. The molecule has 16 heavy (non-hydrogen) atoms. The predicted molar refractivity (Wildman–Crippen MR) is 67.4 cm³/mol. The second-order valence-corrected chi connectivity index (χ2v) is 5.11. The Morgan fingerprint density at radius 3 is 2.12 bits per heavy atom. The van der Waals surface area contributed by atoms with Crippen LogP contribution >= 0.6 is 0 Å². The van der Waals surface area contributed by atoms with Crippen LogP contribution in [-0.2, 0) is 10.2 Å². The van der Waals surface area contributed by atoms with Crippen LogP contribution in [0.5, 0.6) is 0 Å². The third-order valence-electron chi connectivity index (χ3n) is 2.43. The molecule has 0 aliphatic carbocycles. The highest BCUT2D eigenvalue weighted by atomic mass is 16.2. The van der Waals surface area contributed by atoms with Crippen molar-refractivity contribution in [3.63, 3.8) is 0 Å². The number of amides is 1. The average Bonchev–Trinajstić information content (AvgIpc) is 2.17. The van der Waals surface area contributed by atoms with E-state index in [0.717, 1.165) is 5.69 Å². The molecule has 1 amide bonds. The molecule has 3 nitrogen and oxygen atoms in total. The highest BCUT2D eigenvalue weighted by Gasteiger charge is 2.13. The Hall–Kier alpha value is -1.35. The second kappa shape index (κ2) is 4.66. The van der Waals surface area contributed by atoms with Crippen molar-refractivity contribution in [1.82, 2.24) is 0 Å². The number of benzene rings is 1. The van der Waals surface area contributed by atoms with Gasteiger partial charge in [-0.1, -0.05) is 32.9 Å². The highest BCUT2D eigenvalue weighted by Crippen LogP contribution is 2.23. The van der Waals surface area contributed by atoms with E-state index in [0.29, 0.717) is 0 Å². The number of carbonyl (C=O) groups is 1. The summed E-state index contributed by atoms with van der Waals surface area (Å²) in [6, 6.07) is 7.37. The number of hydrogen-bond donors (Lipinski definition) is 2. The zero-order valence-corrected chi connectivity index (χ0v) is 10.4. The van der Waals surface area contributed by atoms with Gasteiger partial charge in [-0.15, -0.1) is 0 Å². The third-order valence-corrected chi connectivity index (χ3v) is 2.43. The quantitative estimate of drug-likeness (QED) is 0.803. The molecule has 0 spiro atoms. The van der Waals surface area contributed by atoms with Crippen LogP contribution in [0.1, 0.15) is 33.3 Å². The van der Waals surface area contributed by atoms with E-state index in [9.17, 15) is 4.79 Å². The molecule has 0 saturated carbocycles. The molecule has 0 aliphatic heterocycles. The van der Waals surface area contributed by atoms with Crippen LogP contribution in [0.3, 0.4) is 0 Å². The predicted octanol–water partition coefficient (Wildman–Crippen LogP) is 2.27. The fraction of sp³-hybridized carbons (Fsp3) is 0.462. The molecule has 1 aromatic rings. The first-order valence-corrected chi connectivity index (χ1v) is 5.47. The van der Waals surface area contributed by atoms with Gasteiger partial charge >= 0.3 is 0 Å². The van der Waals surface area contributed by atoms with Gasteiger partial charge in [-0.05, 0) is 30.0 Å². The summed E-state index contributed by atoms with van der Waals surface area (Å²) < 4.78 is 0. The average molecular weight is 220 g/mol. The maximum Gasteiger partial charge on any atom is 0.240 e. The summed E-state index contributed by atoms with van der Waals surface area (Å²) in [6.07, 6.45) is 0. The van der Waals surface area contributed by atoms with E-state index in [-0.39, 0.29) is 11.3 Å². The first-order valence-electron chi connectivity index (χ1n) is 5.47. The van der Waals surface area contributed by atoms with E-state index in [1.807, 2.05) is 24.3 Å². The second-order valence-electron chi connectivity index (χ2n) is 5.11. The van der Waals surface area contributed by atoms with E-state index in [4.69, 9.17) is 5.73 Å². The van der Waals surface area contributed by atoms with E-state index in [2.05, 4.69) is 26.1 Å². The van der Waals surface area contributed by atoms with Crippen LogP contribution in [0.4, 0.5) is 5.69 Å². The molecule has 1 aromatic carbocycles.